The van der Waals surface area contributed by atoms with Crippen LogP contribution in [-0.4, -0.2) is 15.7 Å². The van der Waals surface area contributed by atoms with Crippen LogP contribution in [-0.2, 0) is 31.2 Å². The van der Waals surface area contributed by atoms with E-state index in [1.165, 1.54) is 11.8 Å². The maximum Gasteiger partial charge on any atom is 0.243 e. The minimum atomic E-state index is -0.145. The van der Waals surface area contributed by atoms with Crippen LogP contribution < -0.4 is 5.32 Å². The highest BCUT2D eigenvalue weighted by molar-refractivity contribution is 5.86. The Morgan fingerprint density at radius 3 is 2.69 bits per heavy atom. The van der Waals surface area contributed by atoms with Crippen LogP contribution in [0.2, 0.25) is 0 Å². The number of carbonyl (C=O) groups is 1. The summed E-state index contributed by atoms with van der Waals surface area (Å²) in [5.74, 6) is -0.145. The van der Waals surface area contributed by atoms with E-state index < -0.39 is 0 Å². The molecule has 1 amide bonds. The van der Waals surface area contributed by atoms with Crippen LogP contribution >= 0.6 is 0 Å². The lowest BCUT2D eigenvalue weighted by atomic mass is 10.1. The number of nitrogens with one attached hydrogen (secondary N) is 1. The van der Waals surface area contributed by atoms with Gasteiger partial charge >= 0.3 is 0 Å². The predicted octanol–water partition coefficient (Wildman–Crippen LogP) is 1.35. The Kier molecular flexibility index (Phi) is 4.28. The van der Waals surface area contributed by atoms with Crippen LogP contribution in [0, 0.1) is 0 Å². The van der Waals surface area contributed by atoms with Crippen LogP contribution in [0.1, 0.15) is 30.8 Å². The van der Waals surface area contributed by atoms with Crippen molar-refractivity contribution in [3.05, 3.63) is 29.6 Å². The van der Waals surface area contributed by atoms with Crippen LogP contribution in [0.25, 0.3) is 0 Å². The van der Waals surface area contributed by atoms with Crippen LogP contribution in [0.3, 0.4) is 0 Å². The van der Waals surface area contributed by atoms with E-state index in [0.29, 0.717) is 6.54 Å². The molecule has 4 heteroatoms. The largest absolute Gasteiger partial charge is 0.348 e. The second-order valence-electron chi connectivity index (χ2n) is 3.62. The van der Waals surface area contributed by atoms with Gasteiger partial charge in [0, 0.05) is 24.8 Å². The Morgan fingerprint density at radius 1 is 1.50 bits per heavy atom. The standard InChI is InChI=1S/C12H19N3O/c1-5-10-9(8-13-12(16)7-3)11(6-2)15(4)14-10/h7H,3,5-6,8H2,1-2,4H3,(H,13,16). The van der Waals surface area contributed by atoms with Gasteiger partial charge in [0.1, 0.15) is 0 Å². The Hall–Kier alpha value is -1.58. The van der Waals surface area contributed by atoms with Gasteiger partial charge in [0.25, 0.3) is 0 Å². The lowest BCUT2D eigenvalue weighted by Gasteiger charge is -2.05. The second-order valence-corrected chi connectivity index (χ2v) is 3.62. The summed E-state index contributed by atoms with van der Waals surface area (Å²) in [5, 5.41) is 7.24. The number of hydrogen-bond donors (Lipinski definition) is 1. The molecule has 1 rings (SSSR count). The summed E-state index contributed by atoms with van der Waals surface area (Å²) in [4.78, 5) is 11.1. The number of aromatic nitrogens is 2. The zero-order valence-electron chi connectivity index (χ0n) is 10.2. The van der Waals surface area contributed by atoms with E-state index in [1.807, 2.05) is 11.7 Å². The Bertz CT molecular complexity index is 393. The lowest BCUT2D eigenvalue weighted by Crippen LogP contribution is -2.21. The van der Waals surface area contributed by atoms with E-state index >= 15 is 0 Å². The average Bonchev–Trinajstić information content (AvgIpc) is 2.61. The molecule has 0 unspecified atom stereocenters. The highest BCUT2D eigenvalue weighted by atomic mass is 16.1. The van der Waals surface area contributed by atoms with Crippen molar-refractivity contribution in [2.75, 3.05) is 0 Å². The Labute approximate surface area is 96.3 Å². The number of hydrogen-bond acceptors (Lipinski definition) is 2. The summed E-state index contributed by atoms with van der Waals surface area (Å²) in [6.07, 6.45) is 3.09. The summed E-state index contributed by atoms with van der Waals surface area (Å²) in [6, 6.07) is 0. The van der Waals surface area contributed by atoms with Gasteiger partial charge in [0.05, 0.1) is 5.69 Å². The molecule has 0 saturated carbocycles. The van der Waals surface area contributed by atoms with Gasteiger partial charge in [-0.3, -0.25) is 9.48 Å². The zero-order chi connectivity index (χ0) is 12.1. The Balaban J connectivity index is 2.91. The summed E-state index contributed by atoms with van der Waals surface area (Å²) in [6.45, 7) is 8.13. The SMILES string of the molecule is C=CC(=O)NCc1c(CC)nn(C)c1CC. The lowest BCUT2D eigenvalue weighted by molar-refractivity contribution is -0.116. The highest BCUT2D eigenvalue weighted by Crippen LogP contribution is 2.14. The molecule has 0 aromatic carbocycles. The highest BCUT2D eigenvalue weighted by Gasteiger charge is 2.13. The van der Waals surface area contributed by atoms with Crippen molar-refractivity contribution in [2.24, 2.45) is 7.05 Å². The quantitative estimate of drug-likeness (QED) is 0.763. The van der Waals surface area contributed by atoms with Crippen LogP contribution in [0.4, 0.5) is 0 Å². The maximum atomic E-state index is 11.1. The number of rotatable bonds is 5. The van der Waals surface area contributed by atoms with Gasteiger partial charge in [-0.05, 0) is 18.9 Å². The van der Waals surface area contributed by atoms with E-state index in [0.717, 1.165) is 24.1 Å². The van der Waals surface area contributed by atoms with Gasteiger partial charge in [0.2, 0.25) is 5.91 Å². The van der Waals surface area contributed by atoms with Gasteiger partial charge < -0.3 is 5.32 Å². The molecular weight excluding hydrogens is 202 g/mol. The van der Waals surface area contributed by atoms with Crippen molar-refractivity contribution in [1.82, 2.24) is 15.1 Å². The fourth-order valence-corrected chi connectivity index (χ4v) is 1.84. The number of nitrogens with zero attached hydrogens (tertiary/aromatic N) is 2. The molecular formula is C12H19N3O. The molecule has 4 nitrogen and oxygen atoms in total. The van der Waals surface area contributed by atoms with Crippen molar-refractivity contribution in [3.8, 4) is 0 Å². The van der Waals surface area contributed by atoms with Crippen molar-refractivity contribution >= 4 is 5.91 Å². The predicted molar refractivity (Wildman–Crippen MR) is 64.0 cm³/mol. The van der Waals surface area contributed by atoms with Crippen molar-refractivity contribution < 1.29 is 4.79 Å². The zero-order valence-corrected chi connectivity index (χ0v) is 10.2. The Morgan fingerprint density at radius 2 is 2.19 bits per heavy atom. The molecule has 0 bridgehead atoms. The van der Waals surface area contributed by atoms with Gasteiger partial charge in [-0.25, -0.2) is 0 Å². The number of carbonyl (C=O) groups excluding carboxylic acids is 1. The van der Waals surface area contributed by atoms with E-state index in [9.17, 15) is 4.79 Å². The summed E-state index contributed by atoms with van der Waals surface area (Å²) >= 11 is 0. The monoisotopic (exact) mass is 221 g/mol. The summed E-state index contributed by atoms with van der Waals surface area (Å²) in [7, 11) is 1.94. The average molecular weight is 221 g/mol. The van der Waals surface area contributed by atoms with Crippen LogP contribution in [0.5, 0.6) is 0 Å². The summed E-state index contributed by atoms with van der Waals surface area (Å²) in [5.41, 5.74) is 3.38. The third-order valence-electron chi connectivity index (χ3n) is 2.65. The van der Waals surface area contributed by atoms with Crippen molar-refractivity contribution in [2.45, 2.75) is 33.2 Å². The first-order chi connectivity index (χ1) is 7.63. The first-order valence-corrected chi connectivity index (χ1v) is 5.57. The van der Waals surface area contributed by atoms with E-state index in [4.69, 9.17) is 0 Å². The molecule has 0 fully saturated rings. The topological polar surface area (TPSA) is 46.9 Å². The number of aryl methyl sites for hydroxylation is 2. The van der Waals surface area contributed by atoms with Gasteiger partial charge in [0.15, 0.2) is 0 Å². The van der Waals surface area contributed by atoms with Gasteiger partial charge in [-0.1, -0.05) is 20.4 Å². The molecule has 0 atom stereocenters. The first kappa shape index (κ1) is 12.5. The number of amides is 1. The van der Waals surface area contributed by atoms with E-state index in [-0.39, 0.29) is 5.91 Å². The van der Waals surface area contributed by atoms with Crippen LogP contribution in [0.15, 0.2) is 12.7 Å². The molecule has 16 heavy (non-hydrogen) atoms. The molecule has 0 saturated heterocycles. The smallest absolute Gasteiger partial charge is 0.243 e. The molecule has 1 N–H and O–H groups in total. The molecule has 88 valence electrons. The molecule has 0 aliphatic heterocycles. The third-order valence-corrected chi connectivity index (χ3v) is 2.65. The fraction of sp³-hybridized carbons (Fsp3) is 0.500. The minimum absolute atomic E-state index is 0.145. The van der Waals surface area contributed by atoms with Gasteiger partial charge in [-0.15, -0.1) is 0 Å². The molecule has 1 heterocycles. The normalized spacial score (nSPS) is 10.2. The third kappa shape index (κ3) is 2.51. The molecule has 0 spiro atoms. The van der Waals surface area contributed by atoms with Crippen molar-refractivity contribution in [3.63, 3.8) is 0 Å². The van der Waals surface area contributed by atoms with Crippen molar-refractivity contribution in [1.29, 1.82) is 0 Å². The molecule has 0 aliphatic rings. The fourth-order valence-electron chi connectivity index (χ4n) is 1.84. The van der Waals surface area contributed by atoms with Gasteiger partial charge in [-0.2, -0.15) is 5.10 Å². The maximum absolute atomic E-state index is 11.1. The minimum Gasteiger partial charge on any atom is -0.348 e. The van der Waals surface area contributed by atoms with E-state index in [2.05, 4.69) is 30.8 Å². The molecule has 0 radical (unpaired) electrons. The van der Waals surface area contributed by atoms with E-state index in [1.54, 1.807) is 0 Å². The molecule has 1 aromatic heterocycles. The molecule has 1 aromatic rings. The molecule has 0 aliphatic carbocycles. The summed E-state index contributed by atoms with van der Waals surface area (Å²) < 4.78 is 1.90. The first-order valence-electron chi connectivity index (χ1n) is 5.57. The second kappa shape index (κ2) is 5.49.